The van der Waals surface area contributed by atoms with E-state index in [0.29, 0.717) is 34.1 Å². The number of nitrogens with one attached hydrogen (secondary N) is 2. The van der Waals surface area contributed by atoms with Gasteiger partial charge in [0.25, 0.3) is 0 Å². The second-order valence-electron chi connectivity index (χ2n) is 9.30. The molecule has 2 aromatic carbocycles. The number of pyridine rings is 1. The summed E-state index contributed by atoms with van der Waals surface area (Å²) in [5, 5.41) is 25.4. The number of nitrogens with zero attached hydrogens (tertiary/aromatic N) is 1. The van der Waals surface area contributed by atoms with Crippen molar-refractivity contribution < 1.29 is 28.6 Å². The lowest BCUT2D eigenvalue weighted by Crippen LogP contribution is -2.48. The molecule has 2 fully saturated rings. The second kappa shape index (κ2) is 9.13. The van der Waals surface area contributed by atoms with Gasteiger partial charge < -0.3 is 20.8 Å². The lowest BCUT2D eigenvalue weighted by atomic mass is 9.89. The van der Waals surface area contributed by atoms with Gasteiger partial charge in [-0.15, -0.1) is 0 Å². The quantitative estimate of drug-likeness (QED) is 0.348. The lowest BCUT2D eigenvalue weighted by molar-refractivity contribution is 0.0968. The SMILES string of the molecule is O=C(O)NC1CCCCC1Nc1c(C(=O)C2CC2)cnc2ccc(-c3cc(F)c(O)c(F)c3)cc12. The number of carboxylic acid groups (broad SMARTS) is 1. The summed E-state index contributed by atoms with van der Waals surface area (Å²) < 4.78 is 28.1. The molecular formula is C26H25F2N3O4. The number of aromatic nitrogens is 1. The third kappa shape index (κ3) is 4.62. The number of hydrogen-bond acceptors (Lipinski definition) is 5. The first kappa shape index (κ1) is 23.0. The Balaban J connectivity index is 1.62. The van der Waals surface area contributed by atoms with E-state index in [1.54, 1.807) is 24.4 Å². The molecule has 0 saturated heterocycles. The molecule has 182 valence electrons. The molecule has 1 heterocycles. The van der Waals surface area contributed by atoms with Crippen LogP contribution in [0.4, 0.5) is 19.3 Å². The fourth-order valence-electron chi connectivity index (χ4n) is 4.83. The number of aromatic hydroxyl groups is 1. The van der Waals surface area contributed by atoms with E-state index >= 15 is 0 Å². The van der Waals surface area contributed by atoms with Crippen LogP contribution < -0.4 is 10.6 Å². The highest BCUT2D eigenvalue weighted by Crippen LogP contribution is 2.39. The van der Waals surface area contributed by atoms with Crippen molar-refractivity contribution in [1.29, 1.82) is 0 Å². The van der Waals surface area contributed by atoms with E-state index in [0.717, 1.165) is 44.2 Å². The second-order valence-corrected chi connectivity index (χ2v) is 9.30. The molecule has 4 N–H and O–H groups in total. The van der Waals surface area contributed by atoms with Crippen molar-refractivity contribution in [3.63, 3.8) is 0 Å². The van der Waals surface area contributed by atoms with Crippen molar-refractivity contribution in [3.05, 3.63) is 53.7 Å². The molecule has 35 heavy (non-hydrogen) atoms. The first-order valence-electron chi connectivity index (χ1n) is 11.7. The van der Waals surface area contributed by atoms with Gasteiger partial charge in [-0.2, -0.15) is 0 Å². The van der Waals surface area contributed by atoms with Crippen LogP contribution in [0.1, 0.15) is 48.9 Å². The summed E-state index contributed by atoms with van der Waals surface area (Å²) >= 11 is 0. The average Bonchev–Trinajstić information content (AvgIpc) is 3.68. The molecular weight excluding hydrogens is 456 g/mol. The van der Waals surface area contributed by atoms with Crippen molar-refractivity contribution in [2.75, 3.05) is 5.32 Å². The van der Waals surface area contributed by atoms with E-state index < -0.39 is 23.5 Å². The van der Waals surface area contributed by atoms with Gasteiger partial charge in [0, 0.05) is 23.5 Å². The van der Waals surface area contributed by atoms with Gasteiger partial charge in [-0.1, -0.05) is 18.9 Å². The highest BCUT2D eigenvalue weighted by atomic mass is 19.1. The number of phenolic OH excluding ortho intramolecular Hbond substituents is 1. The summed E-state index contributed by atoms with van der Waals surface area (Å²) in [6.07, 6.45) is 5.29. The summed E-state index contributed by atoms with van der Waals surface area (Å²) in [6, 6.07) is 6.63. The smallest absolute Gasteiger partial charge is 0.404 e. The van der Waals surface area contributed by atoms with Crippen LogP contribution >= 0.6 is 0 Å². The topological polar surface area (TPSA) is 112 Å². The number of carbonyl (C=O) groups is 2. The van der Waals surface area contributed by atoms with Crippen molar-refractivity contribution in [2.45, 2.75) is 50.6 Å². The molecule has 9 heteroatoms. The minimum absolute atomic E-state index is 0.0208. The van der Waals surface area contributed by atoms with Crippen molar-refractivity contribution >= 4 is 28.5 Å². The monoisotopic (exact) mass is 481 g/mol. The minimum atomic E-state index is -1.10. The average molecular weight is 481 g/mol. The van der Waals surface area contributed by atoms with Gasteiger partial charge in [0.1, 0.15) is 0 Å². The molecule has 2 unspecified atom stereocenters. The van der Waals surface area contributed by atoms with Crippen molar-refractivity contribution in [1.82, 2.24) is 10.3 Å². The number of hydrogen-bond donors (Lipinski definition) is 4. The van der Waals surface area contributed by atoms with E-state index in [-0.39, 0.29) is 29.3 Å². The Labute approximate surface area is 200 Å². The third-order valence-electron chi connectivity index (χ3n) is 6.84. The standard InChI is InChI=1S/C26H25F2N3O4/c27-18-10-15(11-19(28)25(18)33)14-7-8-20-16(9-14)23(17(12-29-20)24(32)13-5-6-13)30-21-3-1-2-4-22(21)31-26(34)35/h7-13,21-22,31,33H,1-6H2,(H,29,30)(H,34,35). The van der Waals surface area contributed by atoms with Crippen LogP contribution in [0.3, 0.4) is 0 Å². The number of amides is 1. The van der Waals surface area contributed by atoms with E-state index in [9.17, 15) is 28.6 Å². The van der Waals surface area contributed by atoms with Gasteiger partial charge in [-0.05, 0) is 61.1 Å². The molecule has 5 rings (SSSR count). The summed E-state index contributed by atoms with van der Waals surface area (Å²) in [6.45, 7) is 0. The van der Waals surface area contributed by atoms with Crippen LogP contribution in [0.25, 0.3) is 22.0 Å². The Morgan fingerprint density at radius 3 is 2.29 bits per heavy atom. The number of Topliss-reactive ketones (excluding diaryl/α,β-unsaturated/α-hetero) is 1. The summed E-state index contributed by atoms with van der Waals surface area (Å²) in [5.41, 5.74) is 2.28. The molecule has 2 aliphatic rings. The van der Waals surface area contributed by atoms with Crippen LogP contribution in [0.5, 0.6) is 5.75 Å². The van der Waals surface area contributed by atoms with E-state index in [4.69, 9.17) is 0 Å². The predicted molar refractivity (Wildman–Crippen MR) is 127 cm³/mol. The number of halogens is 2. The van der Waals surface area contributed by atoms with Gasteiger partial charge >= 0.3 is 6.09 Å². The lowest BCUT2D eigenvalue weighted by Gasteiger charge is -2.33. The van der Waals surface area contributed by atoms with Gasteiger partial charge in [0.2, 0.25) is 0 Å². The van der Waals surface area contributed by atoms with Crippen molar-refractivity contribution in [2.24, 2.45) is 5.92 Å². The number of ketones is 1. The first-order valence-corrected chi connectivity index (χ1v) is 11.7. The minimum Gasteiger partial charge on any atom is -0.503 e. The van der Waals surface area contributed by atoms with Crippen molar-refractivity contribution in [3.8, 4) is 16.9 Å². The van der Waals surface area contributed by atoms with Gasteiger partial charge in [0.05, 0.1) is 22.8 Å². The maximum Gasteiger partial charge on any atom is 0.404 e. The molecule has 0 aliphatic heterocycles. The highest BCUT2D eigenvalue weighted by molar-refractivity contribution is 6.10. The van der Waals surface area contributed by atoms with Gasteiger partial charge in [0.15, 0.2) is 23.2 Å². The van der Waals surface area contributed by atoms with Crippen LogP contribution in [-0.4, -0.2) is 39.2 Å². The number of rotatable bonds is 6. The Morgan fingerprint density at radius 1 is 0.943 bits per heavy atom. The van der Waals surface area contributed by atoms with E-state index in [1.165, 1.54) is 0 Å². The zero-order chi connectivity index (χ0) is 24.7. The number of carbonyl (C=O) groups excluding carboxylic acids is 1. The zero-order valence-corrected chi connectivity index (χ0v) is 18.9. The summed E-state index contributed by atoms with van der Waals surface area (Å²) in [7, 11) is 0. The molecule has 2 aliphatic carbocycles. The van der Waals surface area contributed by atoms with Crippen LogP contribution in [0.2, 0.25) is 0 Å². The Morgan fingerprint density at radius 2 is 1.63 bits per heavy atom. The maximum absolute atomic E-state index is 14.0. The molecule has 1 amide bonds. The summed E-state index contributed by atoms with van der Waals surface area (Å²) in [5.74, 6) is -3.26. The zero-order valence-electron chi connectivity index (χ0n) is 18.9. The Bertz CT molecular complexity index is 1300. The molecule has 0 bridgehead atoms. The molecule has 1 aromatic heterocycles. The maximum atomic E-state index is 14.0. The van der Waals surface area contributed by atoms with Gasteiger partial charge in [-0.3, -0.25) is 9.78 Å². The molecule has 0 spiro atoms. The van der Waals surface area contributed by atoms with E-state index in [2.05, 4.69) is 15.6 Å². The number of anilines is 1. The summed E-state index contributed by atoms with van der Waals surface area (Å²) in [4.78, 5) is 28.9. The molecule has 7 nitrogen and oxygen atoms in total. The Kier molecular flexibility index (Phi) is 6.00. The number of benzene rings is 2. The number of phenols is 1. The molecule has 2 atom stereocenters. The fraction of sp³-hybridized carbons (Fsp3) is 0.346. The van der Waals surface area contributed by atoms with Crippen LogP contribution in [0, 0.1) is 17.6 Å². The largest absolute Gasteiger partial charge is 0.503 e. The molecule has 0 radical (unpaired) electrons. The molecule has 2 saturated carbocycles. The van der Waals surface area contributed by atoms with Crippen LogP contribution in [0.15, 0.2) is 36.5 Å². The Hall–Kier alpha value is -3.75. The first-order chi connectivity index (χ1) is 16.8. The van der Waals surface area contributed by atoms with E-state index in [1.807, 2.05) is 0 Å². The number of fused-ring (bicyclic) bond motifs is 1. The highest BCUT2D eigenvalue weighted by Gasteiger charge is 2.34. The van der Waals surface area contributed by atoms with Gasteiger partial charge in [-0.25, -0.2) is 13.6 Å². The third-order valence-corrected chi connectivity index (χ3v) is 6.84. The normalized spacial score (nSPS) is 19.9. The predicted octanol–water partition coefficient (Wildman–Crippen LogP) is 5.47. The fourth-order valence-corrected chi connectivity index (χ4v) is 4.83. The molecule has 3 aromatic rings. The van der Waals surface area contributed by atoms with Crippen LogP contribution in [-0.2, 0) is 0 Å².